The van der Waals surface area contributed by atoms with Gasteiger partial charge < -0.3 is 15.0 Å². The highest BCUT2D eigenvalue weighted by Crippen LogP contribution is 2.37. The molecule has 1 aromatic rings. The molecule has 0 bridgehead atoms. The first-order valence-electron chi connectivity index (χ1n) is 9.66. The number of carbonyl (C=O) groups is 1. The van der Waals surface area contributed by atoms with Crippen molar-refractivity contribution in [3.05, 3.63) is 29.8 Å². The van der Waals surface area contributed by atoms with E-state index >= 15 is 0 Å². The molecule has 4 rings (SSSR count). The molecule has 136 valence electrons. The first kappa shape index (κ1) is 16.9. The zero-order valence-electron chi connectivity index (χ0n) is 15.0. The molecule has 1 N–H and O–H groups in total. The first-order valence-corrected chi connectivity index (χ1v) is 9.66. The first-order chi connectivity index (χ1) is 12.2. The smallest absolute Gasteiger partial charge is 0.260 e. The Balaban J connectivity index is 1.35. The summed E-state index contributed by atoms with van der Waals surface area (Å²) in [5, 5.41) is 3.52. The van der Waals surface area contributed by atoms with Crippen LogP contribution in [0.3, 0.4) is 0 Å². The number of rotatable bonds is 5. The quantitative estimate of drug-likeness (QED) is 0.887. The van der Waals surface area contributed by atoms with E-state index in [4.69, 9.17) is 4.74 Å². The maximum absolute atomic E-state index is 12.2. The van der Waals surface area contributed by atoms with Crippen LogP contribution in [0.1, 0.15) is 31.2 Å². The minimum absolute atomic E-state index is 0.115. The monoisotopic (exact) mass is 343 g/mol. The van der Waals surface area contributed by atoms with E-state index in [0.29, 0.717) is 5.41 Å². The molecule has 1 aromatic carbocycles. The van der Waals surface area contributed by atoms with Crippen LogP contribution in [-0.4, -0.2) is 61.6 Å². The number of nitrogens with zero attached hydrogens (tertiary/aromatic N) is 2. The third-order valence-corrected chi connectivity index (χ3v) is 6.03. The van der Waals surface area contributed by atoms with Crippen LogP contribution in [0.4, 0.5) is 0 Å². The summed E-state index contributed by atoms with van der Waals surface area (Å²) in [6.45, 7) is 7.48. The van der Waals surface area contributed by atoms with Gasteiger partial charge in [0, 0.05) is 38.3 Å². The number of benzene rings is 1. The molecule has 1 spiro atoms. The lowest BCUT2D eigenvalue weighted by molar-refractivity contribution is -0.132. The molecule has 3 heterocycles. The molecule has 3 fully saturated rings. The van der Waals surface area contributed by atoms with E-state index in [0.717, 1.165) is 57.9 Å². The van der Waals surface area contributed by atoms with Crippen molar-refractivity contribution in [3.8, 4) is 5.75 Å². The SMILES string of the molecule is O=C(COc1ccccc1CN1CCC2(CCNC2)C1)N1CCCC1. The number of nitrogens with one attached hydrogen (secondary N) is 1. The van der Waals surface area contributed by atoms with Crippen molar-refractivity contribution < 1.29 is 9.53 Å². The van der Waals surface area contributed by atoms with Crippen molar-refractivity contribution in [3.63, 3.8) is 0 Å². The molecule has 3 aliphatic heterocycles. The Morgan fingerprint density at radius 3 is 2.80 bits per heavy atom. The summed E-state index contributed by atoms with van der Waals surface area (Å²) in [7, 11) is 0. The molecule has 1 atom stereocenters. The Morgan fingerprint density at radius 1 is 1.16 bits per heavy atom. The molecule has 0 aromatic heterocycles. The molecule has 3 aliphatic rings. The van der Waals surface area contributed by atoms with Crippen LogP contribution >= 0.6 is 0 Å². The summed E-state index contributed by atoms with van der Waals surface area (Å²) >= 11 is 0. The second kappa shape index (κ2) is 7.34. The van der Waals surface area contributed by atoms with Gasteiger partial charge in [0.25, 0.3) is 5.91 Å². The van der Waals surface area contributed by atoms with E-state index in [-0.39, 0.29) is 12.5 Å². The number of carbonyl (C=O) groups excluding carboxylic acids is 1. The topological polar surface area (TPSA) is 44.8 Å². The molecule has 25 heavy (non-hydrogen) atoms. The van der Waals surface area contributed by atoms with E-state index in [2.05, 4.69) is 22.3 Å². The van der Waals surface area contributed by atoms with Crippen LogP contribution in [0, 0.1) is 5.41 Å². The molecule has 5 heteroatoms. The van der Waals surface area contributed by atoms with E-state index in [9.17, 15) is 4.79 Å². The van der Waals surface area contributed by atoms with Crippen molar-refractivity contribution in [2.24, 2.45) is 5.41 Å². The Hall–Kier alpha value is -1.59. The molecule has 5 nitrogen and oxygen atoms in total. The molecule has 0 radical (unpaired) electrons. The fourth-order valence-corrected chi connectivity index (χ4v) is 4.52. The lowest BCUT2D eigenvalue weighted by Gasteiger charge is -2.23. The van der Waals surface area contributed by atoms with Crippen LogP contribution < -0.4 is 10.1 Å². The van der Waals surface area contributed by atoms with Crippen molar-refractivity contribution in [1.82, 2.24) is 15.1 Å². The zero-order valence-corrected chi connectivity index (χ0v) is 15.0. The standard InChI is InChI=1S/C20H29N3O2/c24-19(23-10-3-4-11-23)14-25-18-6-2-1-5-17(18)13-22-12-8-20(16-22)7-9-21-15-20/h1-2,5-6,21H,3-4,7-16H2. The lowest BCUT2D eigenvalue weighted by atomic mass is 9.86. The molecular formula is C20H29N3O2. The number of hydrogen-bond donors (Lipinski definition) is 1. The summed E-state index contributed by atoms with van der Waals surface area (Å²) in [4.78, 5) is 16.7. The second-order valence-corrected chi connectivity index (χ2v) is 7.87. The average Bonchev–Trinajstić information content (AvgIpc) is 3.38. The number of hydrogen-bond acceptors (Lipinski definition) is 4. The van der Waals surface area contributed by atoms with Gasteiger partial charge in [0.2, 0.25) is 0 Å². The van der Waals surface area contributed by atoms with E-state index in [1.165, 1.54) is 24.9 Å². The van der Waals surface area contributed by atoms with Gasteiger partial charge in [0.1, 0.15) is 5.75 Å². The van der Waals surface area contributed by atoms with Crippen molar-refractivity contribution in [2.75, 3.05) is 45.9 Å². The van der Waals surface area contributed by atoms with Gasteiger partial charge in [-0.05, 0) is 50.3 Å². The third-order valence-electron chi connectivity index (χ3n) is 6.03. The number of amides is 1. The highest BCUT2D eigenvalue weighted by molar-refractivity contribution is 5.78. The molecular weight excluding hydrogens is 314 g/mol. The van der Waals surface area contributed by atoms with Gasteiger partial charge in [0.05, 0.1) is 0 Å². The highest BCUT2D eigenvalue weighted by atomic mass is 16.5. The van der Waals surface area contributed by atoms with Gasteiger partial charge in [-0.2, -0.15) is 0 Å². The maximum Gasteiger partial charge on any atom is 0.260 e. The minimum Gasteiger partial charge on any atom is -0.483 e. The molecule has 1 amide bonds. The van der Waals surface area contributed by atoms with Crippen molar-refractivity contribution >= 4 is 5.91 Å². The third kappa shape index (κ3) is 3.82. The van der Waals surface area contributed by atoms with Crippen LogP contribution in [-0.2, 0) is 11.3 Å². The normalized spacial score (nSPS) is 26.6. The van der Waals surface area contributed by atoms with Crippen LogP contribution in [0.25, 0.3) is 0 Å². The van der Waals surface area contributed by atoms with Gasteiger partial charge in [-0.15, -0.1) is 0 Å². The highest BCUT2D eigenvalue weighted by Gasteiger charge is 2.40. The second-order valence-electron chi connectivity index (χ2n) is 7.87. The largest absolute Gasteiger partial charge is 0.483 e. The molecule has 0 saturated carbocycles. The number of para-hydroxylation sites is 1. The van der Waals surface area contributed by atoms with Gasteiger partial charge >= 0.3 is 0 Å². The summed E-state index contributed by atoms with van der Waals surface area (Å²) < 4.78 is 5.91. The molecule has 0 aliphatic carbocycles. The van der Waals surface area contributed by atoms with Crippen LogP contribution in [0.2, 0.25) is 0 Å². The maximum atomic E-state index is 12.2. The van der Waals surface area contributed by atoms with Crippen LogP contribution in [0.15, 0.2) is 24.3 Å². The van der Waals surface area contributed by atoms with Crippen molar-refractivity contribution in [1.29, 1.82) is 0 Å². The van der Waals surface area contributed by atoms with Gasteiger partial charge in [-0.3, -0.25) is 9.69 Å². The fraction of sp³-hybridized carbons (Fsp3) is 0.650. The van der Waals surface area contributed by atoms with Crippen molar-refractivity contribution in [2.45, 2.75) is 32.2 Å². The Morgan fingerprint density at radius 2 is 2.00 bits per heavy atom. The Labute approximate surface area is 150 Å². The summed E-state index contributed by atoms with van der Waals surface area (Å²) in [6.07, 6.45) is 4.82. The Bertz CT molecular complexity index is 607. The summed E-state index contributed by atoms with van der Waals surface area (Å²) in [6, 6.07) is 8.18. The molecule has 1 unspecified atom stereocenters. The predicted octanol–water partition coefficient (Wildman–Crippen LogP) is 1.87. The predicted molar refractivity (Wildman–Crippen MR) is 97.6 cm³/mol. The van der Waals surface area contributed by atoms with E-state index in [1.54, 1.807) is 0 Å². The summed E-state index contributed by atoms with van der Waals surface area (Å²) in [5.74, 6) is 0.977. The number of likely N-dealkylation sites (tertiary alicyclic amines) is 2. The number of ether oxygens (including phenoxy) is 1. The van der Waals surface area contributed by atoms with E-state index in [1.807, 2.05) is 17.0 Å². The fourth-order valence-electron chi connectivity index (χ4n) is 4.52. The molecule has 3 saturated heterocycles. The minimum atomic E-state index is 0.115. The Kier molecular flexibility index (Phi) is 4.95. The zero-order chi connectivity index (χ0) is 17.1. The van der Waals surface area contributed by atoms with Gasteiger partial charge in [-0.1, -0.05) is 18.2 Å². The van der Waals surface area contributed by atoms with Gasteiger partial charge in [-0.25, -0.2) is 0 Å². The van der Waals surface area contributed by atoms with Gasteiger partial charge in [0.15, 0.2) is 6.61 Å². The lowest BCUT2D eigenvalue weighted by Crippen LogP contribution is -2.32. The summed E-state index contributed by atoms with van der Waals surface area (Å²) in [5.41, 5.74) is 1.68. The van der Waals surface area contributed by atoms with Crippen LogP contribution in [0.5, 0.6) is 5.75 Å². The van der Waals surface area contributed by atoms with E-state index < -0.39 is 0 Å². The average molecular weight is 343 g/mol.